The minimum atomic E-state index is -4.56. The van der Waals surface area contributed by atoms with Crippen molar-refractivity contribution in [2.24, 2.45) is 7.05 Å². The van der Waals surface area contributed by atoms with E-state index in [1.165, 1.54) is 12.1 Å². The summed E-state index contributed by atoms with van der Waals surface area (Å²) in [5.41, 5.74) is 0.865. The van der Waals surface area contributed by atoms with Gasteiger partial charge in [-0.25, -0.2) is 4.98 Å². The van der Waals surface area contributed by atoms with Crippen LogP contribution in [0.15, 0.2) is 42.5 Å². The van der Waals surface area contributed by atoms with E-state index >= 15 is 0 Å². The third-order valence-electron chi connectivity index (χ3n) is 3.66. The number of hydrogen-bond donors (Lipinski definition) is 1. The Bertz CT molecular complexity index is 970. The lowest BCUT2D eigenvalue weighted by atomic mass is 10.2. The highest BCUT2D eigenvalue weighted by Crippen LogP contribution is 2.35. The lowest BCUT2D eigenvalue weighted by Crippen LogP contribution is -2.21. The Balaban J connectivity index is 1.69. The summed E-state index contributed by atoms with van der Waals surface area (Å²) < 4.78 is 45.4. The maximum Gasteiger partial charge on any atom is 0.419 e. The lowest BCUT2D eigenvalue weighted by Gasteiger charge is -2.13. The maximum atomic E-state index is 12.9. The number of alkyl halides is 3. The first-order valence-corrected chi connectivity index (χ1v) is 7.84. The van der Waals surface area contributed by atoms with Crippen LogP contribution in [0.1, 0.15) is 5.56 Å². The van der Waals surface area contributed by atoms with Crippen LogP contribution in [0.3, 0.4) is 0 Å². The molecule has 0 saturated carbocycles. The second-order valence-corrected chi connectivity index (χ2v) is 5.81. The molecule has 0 fully saturated rings. The molecule has 9 heteroatoms. The van der Waals surface area contributed by atoms with Gasteiger partial charge in [-0.15, -0.1) is 0 Å². The highest BCUT2D eigenvalue weighted by Gasteiger charge is 2.34. The van der Waals surface area contributed by atoms with Gasteiger partial charge in [-0.3, -0.25) is 4.79 Å². The van der Waals surface area contributed by atoms with Gasteiger partial charge in [0.15, 0.2) is 6.61 Å². The summed E-state index contributed by atoms with van der Waals surface area (Å²) in [6.07, 6.45) is -4.56. The number of aromatic nitrogens is 2. The Morgan fingerprint density at radius 1 is 1.27 bits per heavy atom. The Morgan fingerprint density at radius 3 is 2.73 bits per heavy atom. The van der Waals surface area contributed by atoms with E-state index in [-0.39, 0.29) is 0 Å². The van der Waals surface area contributed by atoms with Crippen LogP contribution in [0.25, 0.3) is 11.0 Å². The number of rotatable bonds is 4. The summed E-state index contributed by atoms with van der Waals surface area (Å²) in [5, 5.41) is 2.86. The van der Waals surface area contributed by atoms with E-state index in [1.807, 2.05) is 0 Å². The SMILES string of the molecule is Cn1c(Cl)nc2cc(NC(=O)COc3ccccc3C(F)(F)F)ccc21. The van der Waals surface area contributed by atoms with Crippen molar-refractivity contribution in [2.45, 2.75) is 6.18 Å². The van der Waals surface area contributed by atoms with Gasteiger partial charge < -0.3 is 14.6 Å². The summed E-state index contributed by atoms with van der Waals surface area (Å²) in [6, 6.07) is 9.70. The summed E-state index contributed by atoms with van der Waals surface area (Å²) in [7, 11) is 1.75. The minimum absolute atomic E-state index is 0.301. The summed E-state index contributed by atoms with van der Waals surface area (Å²) >= 11 is 5.93. The minimum Gasteiger partial charge on any atom is -0.483 e. The fourth-order valence-electron chi connectivity index (χ4n) is 2.42. The standard InChI is InChI=1S/C17H13ClF3N3O2/c1-24-13-7-6-10(8-12(13)23-16(24)18)22-15(25)9-26-14-5-3-2-4-11(14)17(19,20)21/h2-8H,9H2,1H3,(H,22,25). The Morgan fingerprint density at radius 2 is 2.00 bits per heavy atom. The number of benzene rings is 2. The molecule has 0 spiro atoms. The Hall–Kier alpha value is -2.74. The van der Waals surface area contributed by atoms with Crippen LogP contribution in [0.4, 0.5) is 18.9 Å². The number of anilines is 1. The molecule has 1 heterocycles. The van der Waals surface area contributed by atoms with Gasteiger partial charge in [0.1, 0.15) is 5.75 Å². The van der Waals surface area contributed by atoms with E-state index in [0.29, 0.717) is 16.5 Å². The van der Waals surface area contributed by atoms with Gasteiger partial charge in [0, 0.05) is 12.7 Å². The molecule has 2 aromatic carbocycles. The molecule has 26 heavy (non-hydrogen) atoms. The number of halogens is 4. The van der Waals surface area contributed by atoms with Crippen LogP contribution in [-0.2, 0) is 18.0 Å². The molecule has 0 saturated heterocycles. The molecule has 0 radical (unpaired) electrons. The molecule has 0 bridgehead atoms. The molecular formula is C17H13ClF3N3O2. The summed E-state index contributed by atoms with van der Waals surface area (Å²) in [6.45, 7) is -0.561. The third kappa shape index (κ3) is 3.75. The number of aryl methyl sites for hydroxylation is 1. The van der Waals surface area contributed by atoms with Crippen molar-refractivity contribution in [3.63, 3.8) is 0 Å². The largest absolute Gasteiger partial charge is 0.483 e. The summed E-state index contributed by atoms with van der Waals surface area (Å²) in [4.78, 5) is 16.1. The third-order valence-corrected chi connectivity index (χ3v) is 4.00. The molecule has 3 aromatic rings. The zero-order valence-electron chi connectivity index (χ0n) is 13.5. The number of hydrogen-bond acceptors (Lipinski definition) is 3. The van der Waals surface area contributed by atoms with E-state index in [1.54, 1.807) is 29.8 Å². The van der Waals surface area contributed by atoms with Crippen molar-refractivity contribution in [1.82, 2.24) is 9.55 Å². The second kappa shape index (κ2) is 6.87. The number of ether oxygens (including phenoxy) is 1. The molecule has 1 aromatic heterocycles. The van der Waals surface area contributed by atoms with Crippen molar-refractivity contribution in [3.8, 4) is 5.75 Å². The zero-order valence-corrected chi connectivity index (χ0v) is 14.2. The smallest absolute Gasteiger partial charge is 0.419 e. The van der Waals surface area contributed by atoms with Gasteiger partial charge in [-0.05, 0) is 41.9 Å². The monoisotopic (exact) mass is 383 g/mol. The molecular weight excluding hydrogens is 371 g/mol. The number of carbonyl (C=O) groups excluding carboxylic acids is 1. The van der Waals surface area contributed by atoms with Crippen LogP contribution in [0, 0.1) is 0 Å². The lowest BCUT2D eigenvalue weighted by molar-refractivity contribution is -0.139. The number of para-hydroxylation sites is 1. The molecule has 0 aliphatic rings. The van der Waals surface area contributed by atoms with Gasteiger partial charge in [-0.2, -0.15) is 13.2 Å². The first kappa shape index (κ1) is 18.1. The van der Waals surface area contributed by atoms with E-state index in [2.05, 4.69) is 10.3 Å². The molecule has 0 unspecified atom stereocenters. The van der Waals surface area contributed by atoms with Crippen LogP contribution in [-0.4, -0.2) is 22.1 Å². The normalized spacial score (nSPS) is 11.6. The van der Waals surface area contributed by atoms with Crippen LogP contribution in [0.2, 0.25) is 5.28 Å². The molecule has 1 amide bonds. The number of amides is 1. The average molecular weight is 384 g/mol. The predicted octanol–water partition coefficient (Wildman–Crippen LogP) is 4.26. The van der Waals surface area contributed by atoms with E-state index in [4.69, 9.17) is 16.3 Å². The second-order valence-electron chi connectivity index (χ2n) is 5.47. The Kier molecular flexibility index (Phi) is 4.78. The Labute approximate surface area is 151 Å². The van der Waals surface area contributed by atoms with Gasteiger partial charge in [-0.1, -0.05) is 12.1 Å². The predicted molar refractivity (Wildman–Crippen MR) is 91.3 cm³/mol. The quantitative estimate of drug-likeness (QED) is 0.732. The van der Waals surface area contributed by atoms with Crippen molar-refractivity contribution >= 4 is 34.2 Å². The highest BCUT2D eigenvalue weighted by molar-refractivity contribution is 6.29. The highest BCUT2D eigenvalue weighted by atomic mass is 35.5. The van der Waals surface area contributed by atoms with E-state index in [9.17, 15) is 18.0 Å². The van der Waals surface area contributed by atoms with Crippen molar-refractivity contribution in [2.75, 3.05) is 11.9 Å². The molecule has 136 valence electrons. The molecule has 5 nitrogen and oxygen atoms in total. The van der Waals surface area contributed by atoms with Crippen molar-refractivity contribution < 1.29 is 22.7 Å². The van der Waals surface area contributed by atoms with Gasteiger partial charge in [0.2, 0.25) is 5.28 Å². The van der Waals surface area contributed by atoms with Crippen LogP contribution < -0.4 is 10.1 Å². The van der Waals surface area contributed by atoms with Gasteiger partial charge in [0.05, 0.1) is 16.6 Å². The van der Waals surface area contributed by atoms with Crippen molar-refractivity contribution in [1.29, 1.82) is 0 Å². The van der Waals surface area contributed by atoms with Gasteiger partial charge >= 0.3 is 6.18 Å². The average Bonchev–Trinajstić information content (AvgIpc) is 2.86. The summed E-state index contributed by atoms with van der Waals surface area (Å²) in [5.74, 6) is -0.995. The molecule has 0 aliphatic carbocycles. The molecule has 0 atom stereocenters. The topological polar surface area (TPSA) is 56.2 Å². The fourth-order valence-corrected chi connectivity index (χ4v) is 2.60. The first-order valence-electron chi connectivity index (χ1n) is 7.46. The number of nitrogens with zero attached hydrogens (tertiary/aromatic N) is 2. The number of fused-ring (bicyclic) bond motifs is 1. The van der Waals surface area contributed by atoms with E-state index < -0.39 is 30.0 Å². The molecule has 3 rings (SSSR count). The fraction of sp³-hybridized carbons (Fsp3) is 0.176. The van der Waals surface area contributed by atoms with E-state index in [0.717, 1.165) is 17.6 Å². The van der Waals surface area contributed by atoms with Crippen molar-refractivity contribution in [3.05, 3.63) is 53.3 Å². The van der Waals surface area contributed by atoms with Crippen LogP contribution in [0.5, 0.6) is 5.75 Å². The number of imidazole rings is 1. The first-order chi connectivity index (χ1) is 12.3. The maximum absolute atomic E-state index is 12.9. The number of nitrogens with one attached hydrogen (secondary N) is 1. The number of carbonyl (C=O) groups is 1. The van der Waals surface area contributed by atoms with Gasteiger partial charge in [0.25, 0.3) is 5.91 Å². The zero-order chi connectivity index (χ0) is 18.9. The molecule has 0 aliphatic heterocycles. The molecule has 1 N–H and O–H groups in total. The van der Waals surface area contributed by atoms with Crippen LogP contribution >= 0.6 is 11.6 Å².